The monoisotopic (exact) mass is 494 g/mol. The van der Waals surface area contributed by atoms with E-state index in [1.807, 2.05) is 0 Å². The second kappa shape index (κ2) is 11.6. The van der Waals surface area contributed by atoms with Gasteiger partial charge < -0.3 is 28.7 Å². The molecule has 0 aromatic rings. The van der Waals surface area contributed by atoms with Crippen molar-refractivity contribution >= 4 is 35.4 Å². The Morgan fingerprint density at radius 3 is 1.04 bits per heavy atom. The van der Waals surface area contributed by atoms with E-state index in [1.54, 1.807) is 0 Å². The molecular weight excluding hydrogens is 481 g/mol. The smallest absolute Gasteiger partial charge is 0.811 e. The van der Waals surface area contributed by atoms with Gasteiger partial charge in [-0.2, -0.15) is 16.8 Å². The molecule has 23 heavy (non-hydrogen) atoms. The van der Waals surface area contributed by atoms with Crippen LogP contribution in [0.2, 0.25) is 0 Å². The van der Waals surface area contributed by atoms with Crippen molar-refractivity contribution in [1.82, 2.24) is 0 Å². The van der Waals surface area contributed by atoms with E-state index in [9.17, 15) is 45.5 Å². The van der Waals surface area contributed by atoms with Crippen LogP contribution in [0.15, 0.2) is 0 Å². The van der Waals surface area contributed by atoms with Crippen LogP contribution in [0.25, 0.3) is 0 Å². The maximum absolute atomic E-state index is 9.98. The SMILES string of the molecule is O=P([O-])([O-])CCCS(=O)(=O)O.O=P([O-])([O-])CCCS(=O)(=O)O.[Zr+4]. The zero-order valence-electron chi connectivity index (χ0n) is 11.4. The Labute approximate surface area is 152 Å². The molecule has 136 valence electrons. The summed E-state index contributed by atoms with van der Waals surface area (Å²) in [6.07, 6.45) is -2.20. The summed E-state index contributed by atoms with van der Waals surface area (Å²) >= 11 is 0. The van der Waals surface area contributed by atoms with Gasteiger partial charge >= 0.3 is 26.2 Å². The second-order valence-corrected chi connectivity index (χ2v) is 10.4. The fraction of sp³-hybridized carbons (Fsp3) is 1.00. The third kappa shape index (κ3) is 35.1. The molecule has 0 unspecified atom stereocenters. The summed E-state index contributed by atoms with van der Waals surface area (Å²) in [6.45, 7) is 0. The van der Waals surface area contributed by atoms with Gasteiger partial charge in [-0.3, -0.25) is 9.11 Å². The normalized spacial score (nSPS) is 12.8. The molecular formula is C6H14O12P2S2Zr. The molecule has 0 rings (SSSR count). The quantitative estimate of drug-likeness (QED) is 0.245. The number of hydrogen-bond donors (Lipinski definition) is 2. The first-order valence-corrected chi connectivity index (χ1v) is 12.0. The number of hydrogen-bond acceptors (Lipinski definition) is 10. The summed E-state index contributed by atoms with van der Waals surface area (Å²) in [4.78, 5) is 39.7. The first-order valence-electron chi connectivity index (χ1n) is 5.34. The van der Waals surface area contributed by atoms with Gasteiger partial charge in [-0.15, -0.1) is 0 Å². The average Bonchev–Trinajstić information content (AvgIpc) is 2.08. The van der Waals surface area contributed by atoms with Crippen LogP contribution in [-0.4, -0.2) is 49.8 Å². The Bertz CT molecular complexity index is 560. The minimum atomic E-state index is -4.63. The molecule has 0 radical (unpaired) electrons. The van der Waals surface area contributed by atoms with Gasteiger partial charge in [0, 0.05) is 0 Å². The minimum absolute atomic E-state index is 0. The fourth-order valence-corrected chi connectivity index (χ4v) is 3.42. The predicted octanol–water partition coefficient (Wildman–Crippen LogP) is -3.65. The van der Waals surface area contributed by atoms with Gasteiger partial charge in [-0.05, 0) is 25.2 Å². The van der Waals surface area contributed by atoms with Crippen LogP contribution >= 0.6 is 15.2 Å². The van der Waals surface area contributed by atoms with Crippen LogP contribution < -0.4 is 19.6 Å². The molecule has 0 spiro atoms. The molecule has 17 heteroatoms. The first kappa shape index (κ1) is 28.8. The molecule has 0 aromatic carbocycles. The molecule has 0 amide bonds. The molecule has 0 saturated heterocycles. The van der Waals surface area contributed by atoms with E-state index >= 15 is 0 Å². The maximum atomic E-state index is 9.98. The Balaban J connectivity index is -0.000000333. The van der Waals surface area contributed by atoms with E-state index in [0.29, 0.717) is 0 Å². The molecule has 0 heterocycles. The predicted molar refractivity (Wildman–Crippen MR) is 67.0 cm³/mol. The van der Waals surface area contributed by atoms with E-state index in [-0.39, 0.29) is 39.0 Å². The van der Waals surface area contributed by atoms with Gasteiger partial charge in [0.25, 0.3) is 20.2 Å². The van der Waals surface area contributed by atoms with Crippen molar-refractivity contribution in [1.29, 1.82) is 0 Å². The van der Waals surface area contributed by atoms with Crippen LogP contribution in [0.5, 0.6) is 0 Å². The van der Waals surface area contributed by atoms with Crippen LogP contribution in [0, 0.1) is 0 Å². The van der Waals surface area contributed by atoms with Gasteiger partial charge in [0.1, 0.15) is 0 Å². The third-order valence-electron chi connectivity index (χ3n) is 1.67. The van der Waals surface area contributed by atoms with Crippen molar-refractivity contribution < 1.29 is 80.8 Å². The van der Waals surface area contributed by atoms with Crippen molar-refractivity contribution in [2.24, 2.45) is 0 Å². The Morgan fingerprint density at radius 2 is 0.913 bits per heavy atom. The van der Waals surface area contributed by atoms with E-state index in [4.69, 9.17) is 9.11 Å². The van der Waals surface area contributed by atoms with E-state index < -0.39 is 59.3 Å². The molecule has 0 aliphatic rings. The molecule has 0 aromatic heterocycles. The minimum Gasteiger partial charge on any atom is -0.811 e. The molecule has 0 aliphatic heterocycles. The van der Waals surface area contributed by atoms with Crippen LogP contribution in [0.1, 0.15) is 12.8 Å². The number of rotatable bonds is 8. The standard InChI is InChI=1S/2C3H9O6PS.Zr/c2*4-10(5,6)2-1-3-11(7,8)9;/h2*1-3H2,(H2,4,5,6)(H,7,8,9);/q;;+4/p-4. The van der Waals surface area contributed by atoms with E-state index in [1.165, 1.54) is 0 Å². The van der Waals surface area contributed by atoms with Gasteiger partial charge in [-0.25, -0.2) is 0 Å². The van der Waals surface area contributed by atoms with Crippen molar-refractivity contribution in [2.45, 2.75) is 12.8 Å². The first-order chi connectivity index (χ1) is 9.41. The zero-order valence-corrected chi connectivity index (χ0v) is 17.3. The summed E-state index contributed by atoms with van der Waals surface area (Å²) in [7, 11) is -17.5. The fourth-order valence-electron chi connectivity index (χ4n) is 0.881. The van der Waals surface area contributed by atoms with E-state index in [0.717, 1.165) is 0 Å². The van der Waals surface area contributed by atoms with Gasteiger partial charge in [0.05, 0.1) is 11.5 Å². The summed E-state index contributed by atoms with van der Waals surface area (Å²) in [6, 6.07) is 0. The Morgan fingerprint density at radius 1 is 0.696 bits per heavy atom. The van der Waals surface area contributed by atoms with Crippen LogP contribution in [0.4, 0.5) is 0 Å². The van der Waals surface area contributed by atoms with Crippen LogP contribution in [-0.2, 0) is 55.6 Å². The largest absolute Gasteiger partial charge is 4.00 e. The van der Waals surface area contributed by atoms with Crippen molar-refractivity contribution in [3.63, 3.8) is 0 Å². The molecule has 0 fully saturated rings. The maximum Gasteiger partial charge on any atom is 4.00 e. The summed E-state index contributed by atoms with van der Waals surface area (Å²) < 4.78 is 75.9. The third-order valence-corrected chi connectivity index (χ3v) is 5.01. The molecule has 0 atom stereocenters. The van der Waals surface area contributed by atoms with Gasteiger partial charge in [0.15, 0.2) is 0 Å². The molecule has 0 aliphatic carbocycles. The average molecular weight is 495 g/mol. The molecule has 12 nitrogen and oxygen atoms in total. The molecule has 2 N–H and O–H groups in total. The van der Waals surface area contributed by atoms with Gasteiger partial charge in [0.2, 0.25) is 0 Å². The van der Waals surface area contributed by atoms with Crippen LogP contribution in [0.3, 0.4) is 0 Å². The second-order valence-electron chi connectivity index (χ2n) is 3.95. The Kier molecular flexibility index (Phi) is 14.5. The molecule has 0 saturated carbocycles. The summed E-state index contributed by atoms with van der Waals surface area (Å²) in [5.74, 6) is -1.39. The summed E-state index contributed by atoms with van der Waals surface area (Å²) in [5.41, 5.74) is 0. The van der Waals surface area contributed by atoms with Crippen molar-refractivity contribution in [3.05, 3.63) is 0 Å². The zero-order chi connectivity index (χ0) is 18.2. The molecule has 0 bridgehead atoms. The Hall–Kier alpha value is 1.00. The van der Waals surface area contributed by atoms with E-state index in [2.05, 4.69) is 0 Å². The summed E-state index contributed by atoms with van der Waals surface area (Å²) in [5, 5.41) is 0. The van der Waals surface area contributed by atoms with Crippen molar-refractivity contribution in [2.75, 3.05) is 23.8 Å². The van der Waals surface area contributed by atoms with Gasteiger partial charge in [-0.1, -0.05) is 15.2 Å². The topological polar surface area (TPSA) is 235 Å². The van der Waals surface area contributed by atoms with Crippen molar-refractivity contribution in [3.8, 4) is 0 Å².